The number of halogens is 3. The summed E-state index contributed by atoms with van der Waals surface area (Å²) >= 11 is 0. The number of hydrogen-bond acceptors (Lipinski definition) is 7. The summed E-state index contributed by atoms with van der Waals surface area (Å²) < 4.78 is 71.2. The lowest BCUT2D eigenvalue weighted by molar-refractivity contribution is -0.388. The Morgan fingerprint density at radius 3 is 2.27 bits per heavy atom. The molecule has 0 saturated carbocycles. The minimum absolute atomic E-state index is 0.172. The molecule has 0 radical (unpaired) electrons. The Bertz CT molecular complexity index is 757. The normalized spacial score (nSPS) is 13.6. The molecule has 0 bridgehead atoms. The van der Waals surface area contributed by atoms with Gasteiger partial charge in [-0.1, -0.05) is 0 Å². The third-order valence-corrected chi connectivity index (χ3v) is 4.93. The molecule has 0 spiro atoms. The predicted octanol–water partition coefficient (Wildman–Crippen LogP) is -0.254. The average Bonchev–Trinajstić information content (AvgIpc) is 2.34. The van der Waals surface area contributed by atoms with Gasteiger partial charge in [0.1, 0.15) is 4.90 Å². The van der Waals surface area contributed by atoms with Gasteiger partial charge in [-0.05, 0) is 12.1 Å². The smallest absolute Gasteiger partial charge is 0.475 e. The van der Waals surface area contributed by atoms with Crippen LogP contribution in [0.5, 0.6) is 0 Å². The Morgan fingerprint density at radius 1 is 1.32 bits per heavy atom. The monoisotopic (exact) mass is 360 g/mol. The lowest BCUT2D eigenvalue weighted by atomic mass is 10.3. The Balaban J connectivity index is 3.49. The number of sulfone groups is 1. The maximum absolute atomic E-state index is 12.3. The summed E-state index contributed by atoms with van der Waals surface area (Å²) in [6, 6.07) is 1.03. The van der Waals surface area contributed by atoms with Gasteiger partial charge >= 0.3 is 5.51 Å². The van der Waals surface area contributed by atoms with Gasteiger partial charge in [0.25, 0.3) is 5.69 Å². The molecule has 0 aliphatic heterocycles. The van der Waals surface area contributed by atoms with Gasteiger partial charge in [0.15, 0.2) is 20.6 Å². The van der Waals surface area contributed by atoms with Crippen molar-refractivity contribution in [3.8, 4) is 0 Å². The fourth-order valence-electron chi connectivity index (χ4n) is 1.38. The van der Waals surface area contributed by atoms with Crippen LogP contribution >= 0.6 is 0 Å². The standard InChI is InChI=1S/C9H6F3NO7S2/c10-9(11,12)21(18)5-1-2-7(6(3-5)13(16)17)22(19,20)4-8(14)15/h1-3H,4H2,(H,14,15)/p-1/t21-/m1/s1. The van der Waals surface area contributed by atoms with E-state index in [4.69, 9.17) is 0 Å². The van der Waals surface area contributed by atoms with Crippen LogP contribution in [0.15, 0.2) is 28.0 Å². The number of nitro groups is 1. The summed E-state index contributed by atoms with van der Waals surface area (Å²) in [6.07, 6.45) is 0. The van der Waals surface area contributed by atoms with E-state index in [2.05, 4.69) is 0 Å². The third kappa shape index (κ3) is 4.00. The van der Waals surface area contributed by atoms with Crippen molar-refractivity contribution >= 4 is 32.3 Å². The highest BCUT2D eigenvalue weighted by atomic mass is 32.2. The van der Waals surface area contributed by atoms with Crippen molar-refractivity contribution in [2.24, 2.45) is 0 Å². The zero-order valence-electron chi connectivity index (χ0n) is 10.2. The van der Waals surface area contributed by atoms with Crippen LogP contribution in [0, 0.1) is 10.1 Å². The first-order valence-corrected chi connectivity index (χ1v) is 7.86. The van der Waals surface area contributed by atoms with E-state index in [1.807, 2.05) is 0 Å². The minimum atomic E-state index is -5.20. The van der Waals surface area contributed by atoms with Gasteiger partial charge in [-0.15, -0.1) is 0 Å². The number of carbonyl (C=O) groups excluding carboxylic acids is 1. The van der Waals surface area contributed by atoms with Crippen LogP contribution in [0.1, 0.15) is 0 Å². The first kappa shape index (κ1) is 18.0. The zero-order chi connectivity index (χ0) is 17.3. The second-order valence-electron chi connectivity index (χ2n) is 3.73. The fourth-order valence-corrected chi connectivity index (χ4v) is 3.26. The molecule has 1 aromatic rings. The lowest BCUT2D eigenvalue weighted by Crippen LogP contribution is -2.31. The van der Waals surface area contributed by atoms with E-state index in [1.54, 1.807) is 0 Å². The van der Waals surface area contributed by atoms with Gasteiger partial charge < -0.3 is 9.90 Å². The molecule has 0 aromatic heterocycles. The maximum atomic E-state index is 12.3. The Hall–Kier alpha value is -2.02. The molecule has 0 amide bonds. The van der Waals surface area contributed by atoms with Crippen LogP contribution in [-0.2, 0) is 25.4 Å². The number of carboxylic acids is 1. The molecule has 0 heterocycles. The molecule has 0 aliphatic carbocycles. The number of rotatable bonds is 5. The van der Waals surface area contributed by atoms with E-state index in [0.29, 0.717) is 12.1 Å². The van der Waals surface area contributed by atoms with Gasteiger partial charge in [0.05, 0.1) is 21.5 Å². The SMILES string of the molecule is O=C([O-])CS(=O)(=O)c1ccc([S@@](=O)C(F)(F)F)cc1[N+](=O)[O-]. The van der Waals surface area contributed by atoms with Gasteiger partial charge in [0.2, 0.25) is 0 Å². The van der Waals surface area contributed by atoms with Crippen LogP contribution in [0.25, 0.3) is 0 Å². The fraction of sp³-hybridized carbons (Fsp3) is 0.222. The number of nitro benzene ring substituents is 1. The number of hydrogen-bond donors (Lipinski definition) is 0. The van der Waals surface area contributed by atoms with Gasteiger partial charge in [-0.2, -0.15) is 13.2 Å². The van der Waals surface area contributed by atoms with Crippen LogP contribution in [0.4, 0.5) is 18.9 Å². The summed E-state index contributed by atoms with van der Waals surface area (Å²) in [4.78, 5) is 17.6. The van der Waals surface area contributed by atoms with Crippen molar-refractivity contribution < 1.29 is 40.6 Å². The highest BCUT2D eigenvalue weighted by Gasteiger charge is 2.39. The van der Waals surface area contributed by atoms with Crippen molar-refractivity contribution in [3.63, 3.8) is 0 Å². The Morgan fingerprint density at radius 2 is 1.86 bits per heavy atom. The molecule has 1 atom stereocenters. The van der Waals surface area contributed by atoms with Crippen molar-refractivity contribution in [1.29, 1.82) is 0 Å². The van der Waals surface area contributed by atoms with E-state index in [-0.39, 0.29) is 6.07 Å². The summed E-state index contributed by atoms with van der Waals surface area (Å²) in [5.74, 6) is -3.63. The van der Waals surface area contributed by atoms with Crippen molar-refractivity contribution in [2.75, 3.05) is 5.75 Å². The molecule has 122 valence electrons. The Kier molecular flexibility index (Phi) is 4.92. The molecule has 1 rings (SSSR count). The predicted molar refractivity (Wildman–Crippen MR) is 62.6 cm³/mol. The number of nitrogens with zero attached hydrogens (tertiary/aromatic N) is 1. The molecule has 8 nitrogen and oxygen atoms in total. The first-order chi connectivity index (χ1) is 9.86. The van der Waals surface area contributed by atoms with E-state index >= 15 is 0 Å². The van der Waals surface area contributed by atoms with Crippen molar-refractivity contribution in [3.05, 3.63) is 28.3 Å². The lowest BCUT2D eigenvalue weighted by Gasteiger charge is -2.09. The first-order valence-electron chi connectivity index (χ1n) is 5.06. The third-order valence-electron chi connectivity index (χ3n) is 2.19. The van der Waals surface area contributed by atoms with Crippen LogP contribution in [0.2, 0.25) is 0 Å². The summed E-state index contributed by atoms with van der Waals surface area (Å²) in [5, 5.41) is 21.1. The topological polar surface area (TPSA) is 134 Å². The minimum Gasteiger partial charge on any atom is -0.549 e. The number of carbonyl (C=O) groups is 1. The largest absolute Gasteiger partial charge is 0.549 e. The maximum Gasteiger partial charge on any atom is 0.475 e. The van der Waals surface area contributed by atoms with Crippen molar-refractivity contribution in [2.45, 2.75) is 15.3 Å². The zero-order valence-corrected chi connectivity index (χ0v) is 11.8. The molecule has 0 fully saturated rings. The van der Waals surface area contributed by atoms with E-state index < -0.39 is 58.3 Å². The van der Waals surface area contributed by atoms with Gasteiger partial charge in [0, 0.05) is 6.07 Å². The molecule has 22 heavy (non-hydrogen) atoms. The molecular weight excluding hydrogens is 355 g/mol. The van der Waals surface area contributed by atoms with Crippen molar-refractivity contribution in [1.82, 2.24) is 0 Å². The molecule has 0 N–H and O–H groups in total. The second kappa shape index (κ2) is 6.00. The molecule has 13 heteroatoms. The Labute approximate surface area is 123 Å². The van der Waals surface area contributed by atoms with Crippen LogP contribution in [0.3, 0.4) is 0 Å². The average molecular weight is 360 g/mol. The molecular formula is C9H5F3NO7S2-. The summed E-state index contributed by atoms with van der Waals surface area (Å²) in [7, 11) is -8.30. The highest BCUT2D eigenvalue weighted by molar-refractivity contribution is 7.92. The number of carboxylic acid groups (broad SMARTS) is 1. The summed E-state index contributed by atoms with van der Waals surface area (Å²) in [5.41, 5.74) is -6.50. The molecule has 0 saturated heterocycles. The molecule has 0 aliphatic rings. The van der Waals surface area contributed by atoms with Crippen LogP contribution in [-0.4, -0.2) is 34.8 Å². The van der Waals surface area contributed by atoms with Gasteiger partial charge in [-0.25, -0.2) is 12.6 Å². The number of alkyl halides is 3. The summed E-state index contributed by atoms with van der Waals surface area (Å²) in [6.45, 7) is 0. The number of benzene rings is 1. The van der Waals surface area contributed by atoms with E-state index in [1.165, 1.54) is 0 Å². The molecule has 1 aromatic carbocycles. The van der Waals surface area contributed by atoms with Gasteiger partial charge in [-0.3, -0.25) is 10.1 Å². The highest BCUT2D eigenvalue weighted by Crippen LogP contribution is 2.32. The van der Waals surface area contributed by atoms with E-state index in [9.17, 15) is 45.8 Å². The molecule has 0 unspecified atom stereocenters. The number of aliphatic carboxylic acids is 1. The quantitative estimate of drug-likeness (QED) is 0.522. The van der Waals surface area contributed by atoms with E-state index in [0.717, 1.165) is 0 Å². The van der Waals surface area contributed by atoms with Crippen LogP contribution < -0.4 is 5.11 Å². The second-order valence-corrected chi connectivity index (χ2v) is 7.16.